The molecule has 2 aromatic rings. The van der Waals surface area contributed by atoms with Gasteiger partial charge in [0.05, 0.1) is 10.4 Å². The van der Waals surface area contributed by atoms with Crippen LogP contribution in [0.4, 0.5) is 5.69 Å². The molecule has 0 unspecified atom stereocenters. The van der Waals surface area contributed by atoms with E-state index in [-0.39, 0.29) is 11.6 Å². The molecule has 2 rings (SSSR count). The van der Waals surface area contributed by atoms with Crippen LogP contribution in [-0.2, 0) is 0 Å². The summed E-state index contributed by atoms with van der Waals surface area (Å²) in [5.74, 6) is -0.0751. The Kier molecular flexibility index (Phi) is 2.00. The minimum absolute atomic E-state index is 0.0260. The SMILES string of the molecule is Cc1cc(O)nc2ccc([N+](=O)[O-])cc12. The number of nitro benzene ring substituents is 1. The molecule has 1 heterocycles. The Morgan fingerprint density at radius 3 is 2.80 bits per heavy atom. The van der Waals surface area contributed by atoms with E-state index in [0.29, 0.717) is 10.9 Å². The Labute approximate surface area is 85.1 Å². The Balaban J connectivity index is 2.76. The molecule has 0 aliphatic rings. The molecule has 0 aliphatic carbocycles. The molecule has 5 heteroatoms. The first-order chi connectivity index (χ1) is 7.08. The minimum Gasteiger partial charge on any atom is -0.493 e. The van der Waals surface area contributed by atoms with E-state index in [2.05, 4.69) is 4.98 Å². The molecule has 0 radical (unpaired) electrons. The Morgan fingerprint density at radius 2 is 2.13 bits per heavy atom. The van der Waals surface area contributed by atoms with Crippen LogP contribution < -0.4 is 0 Å². The standard InChI is InChI=1S/C10H8N2O3/c1-6-4-10(13)11-9-3-2-7(12(14)15)5-8(6)9/h2-5H,1H3,(H,11,13). The summed E-state index contributed by atoms with van der Waals surface area (Å²) in [5, 5.41) is 20.5. The molecule has 0 fully saturated rings. The molecular formula is C10H8N2O3. The highest BCUT2D eigenvalue weighted by molar-refractivity contribution is 5.84. The zero-order valence-corrected chi connectivity index (χ0v) is 7.97. The van der Waals surface area contributed by atoms with E-state index in [0.717, 1.165) is 5.56 Å². The molecule has 5 nitrogen and oxygen atoms in total. The predicted molar refractivity (Wildman–Crippen MR) is 54.8 cm³/mol. The van der Waals surface area contributed by atoms with Crippen LogP contribution in [0.15, 0.2) is 24.3 Å². The van der Waals surface area contributed by atoms with Crippen LogP contribution in [-0.4, -0.2) is 15.0 Å². The van der Waals surface area contributed by atoms with Crippen molar-refractivity contribution in [1.29, 1.82) is 0 Å². The number of hydrogen-bond donors (Lipinski definition) is 1. The predicted octanol–water partition coefficient (Wildman–Crippen LogP) is 2.16. The second-order valence-electron chi connectivity index (χ2n) is 3.26. The summed E-state index contributed by atoms with van der Waals surface area (Å²) >= 11 is 0. The van der Waals surface area contributed by atoms with E-state index < -0.39 is 4.92 Å². The third-order valence-corrected chi connectivity index (χ3v) is 2.20. The molecule has 1 N–H and O–H groups in total. The summed E-state index contributed by atoms with van der Waals surface area (Å²) in [6, 6.07) is 5.83. The van der Waals surface area contributed by atoms with Gasteiger partial charge in [0, 0.05) is 23.6 Å². The molecule has 1 aromatic carbocycles. The van der Waals surface area contributed by atoms with Gasteiger partial charge in [-0.15, -0.1) is 0 Å². The molecule has 0 amide bonds. The van der Waals surface area contributed by atoms with Gasteiger partial charge in [-0.3, -0.25) is 10.1 Å². The summed E-state index contributed by atoms with van der Waals surface area (Å²) in [6.45, 7) is 1.77. The summed E-state index contributed by atoms with van der Waals surface area (Å²) in [7, 11) is 0. The highest BCUT2D eigenvalue weighted by Crippen LogP contribution is 2.24. The molecule has 76 valence electrons. The molecule has 1 aromatic heterocycles. The maximum Gasteiger partial charge on any atom is 0.270 e. The average molecular weight is 204 g/mol. The fraction of sp³-hybridized carbons (Fsp3) is 0.100. The summed E-state index contributed by atoms with van der Waals surface area (Å²) in [6.07, 6.45) is 0. The van der Waals surface area contributed by atoms with Gasteiger partial charge in [0.2, 0.25) is 5.88 Å². The van der Waals surface area contributed by atoms with Crippen LogP contribution >= 0.6 is 0 Å². The van der Waals surface area contributed by atoms with Gasteiger partial charge in [-0.1, -0.05) is 0 Å². The molecule has 0 saturated carbocycles. The van der Waals surface area contributed by atoms with Gasteiger partial charge in [0.25, 0.3) is 5.69 Å². The monoisotopic (exact) mass is 204 g/mol. The maximum absolute atomic E-state index is 10.6. The molecule has 15 heavy (non-hydrogen) atoms. The van der Waals surface area contributed by atoms with Crippen LogP contribution in [0.25, 0.3) is 10.9 Å². The normalized spacial score (nSPS) is 10.5. The number of hydrogen-bond acceptors (Lipinski definition) is 4. The number of fused-ring (bicyclic) bond motifs is 1. The second-order valence-corrected chi connectivity index (χ2v) is 3.26. The summed E-state index contributed by atoms with van der Waals surface area (Å²) < 4.78 is 0. The van der Waals surface area contributed by atoms with Crippen LogP contribution in [0.5, 0.6) is 5.88 Å². The number of benzene rings is 1. The molecule has 0 spiro atoms. The van der Waals surface area contributed by atoms with Crippen molar-refractivity contribution in [3.05, 3.63) is 39.9 Å². The zero-order valence-electron chi connectivity index (χ0n) is 7.97. The highest BCUT2D eigenvalue weighted by atomic mass is 16.6. The van der Waals surface area contributed by atoms with Crippen LogP contribution in [0.3, 0.4) is 0 Å². The number of aryl methyl sites for hydroxylation is 1. The van der Waals surface area contributed by atoms with E-state index in [1.807, 2.05) is 0 Å². The van der Waals surface area contributed by atoms with Gasteiger partial charge < -0.3 is 5.11 Å². The molecular weight excluding hydrogens is 196 g/mol. The number of aromatic hydroxyl groups is 1. The van der Waals surface area contributed by atoms with Gasteiger partial charge in [-0.25, -0.2) is 4.98 Å². The van der Waals surface area contributed by atoms with Crippen molar-refractivity contribution >= 4 is 16.6 Å². The number of nitro groups is 1. The Morgan fingerprint density at radius 1 is 1.40 bits per heavy atom. The van der Waals surface area contributed by atoms with Crippen molar-refractivity contribution in [2.24, 2.45) is 0 Å². The minimum atomic E-state index is -0.453. The fourth-order valence-corrected chi connectivity index (χ4v) is 1.48. The van der Waals surface area contributed by atoms with Crippen molar-refractivity contribution < 1.29 is 10.0 Å². The van der Waals surface area contributed by atoms with Crippen LogP contribution in [0.2, 0.25) is 0 Å². The fourth-order valence-electron chi connectivity index (χ4n) is 1.48. The lowest BCUT2D eigenvalue weighted by Gasteiger charge is -2.01. The van der Waals surface area contributed by atoms with Gasteiger partial charge in [-0.05, 0) is 18.6 Å². The van der Waals surface area contributed by atoms with Gasteiger partial charge >= 0.3 is 0 Å². The Hall–Kier alpha value is -2.17. The quantitative estimate of drug-likeness (QED) is 0.570. The van der Waals surface area contributed by atoms with E-state index in [1.54, 1.807) is 6.92 Å². The van der Waals surface area contributed by atoms with Gasteiger partial charge in [0.15, 0.2) is 0 Å². The van der Waals surface area contributed by atoms with E-state index in [1.165, 1.54) is 24.3 Å². The van der Waals surface area contributed by atoms with Crippen molar-refractivity contribution in [1.82, 2.24) is 4.98 Å². The second kappa shape index (κ2) is 3.20. The third kappa shape index (κ3) is 1.59. The number of non-ortho nitro benzene ring substituents is 1. The van der Waals surface area contributed by atoms with Gasteiger partial charge in [0.1, 0.15) is 0 Å². The molecule has 0 atom stereocenters. The summed E-state index contributed by atoms with van der Waals surface area (Å²) in [5.41, 5.74) is 1.34. The van der Waals surface area contributed by atoms with Gasteiger partial charge in [-0.2, -0.15) is 0 Å². The number of pyridine rings is 1. The smallest absolute Gasteiger partial charge is 0.270 e. The van der Waals surface area contributed by atoms with E-state index in [9.17, 15) is 15.2 Å². The molecule has 0 bridgehead atoms. The van der Waals surface area contributed by atoms with E-state index in [4.69, 9.17) is 0 Å². The first kappa shape index (κ1) is 9.39. The average Bonchev–Trinajstić information content (AvgIpc) is 2.16. The highest BCUT2D eigenvalue weighted by Gasteiger charge is 2.08. The largest absolute Gasteiger partial charge is 0.493 e. The zero-order chi connectivity index (χ0) is 11.0. The third-order valence-electron chi connectivity index (χ3n) is 2.20. The molecule has 0 aliphatic heterocycles. The number of rotatable bonds is 1. The topological polar surface area (TPSA) is 76.3 Å². The number of aromatic nitrogens is 1. The maximum atomic E-state index is 10.6. The van der Waals surface area contributed by atoms with E-state index >= 15 is 0 Å². The lowest BCUT2D eigenvalue weighted by molar-refractivity contribution is -0.384. The van der Waals surface area contributed by atoms with Crippen LogP contribution in [0.1, 0.15) is 5.56 Å². The van der Waals surface area contributed by atoms with Crippen molar-refractivity contribution in [2.75, 3.05) is 0 Å². The van der Waals surface area contributed by atoms with Crippen molar-refractivity contribution in [3.63, 3.8) is 0 Å². The van der Waals surface area contributed by atoms with Crippen molar-refractivity contribution in [3.8, 4) is 5.88 Å². The molecule has 0 saturated heterocycles. The van der Waals surface area contributed by atoms with Crippen molar-refractivity contribution in [2.45, 2.75) is 6.92 Å². The first-order valence-corrected chi connectivity index (χ1v) is 4.32. The number of nitrogens with zero attached hydrogens (tertiary/aromatic N) is 2. The summed E-state index contributed by atoms with van der Waals surface area (Å²) in [4.78, 5) is 14.0. The van der Waals surface area contributed by atoms with Crippen LogP contribution in [0, 0.1) is 17.0 Å². The first-order valence-electron chi connectivity index (χ1n) is 4.32. The lowest BCUT2D eigenvalue weighted by Crippen LogP contribution is -1.89. The lowest BCUT2D eigenvalue weighted by atomic mass is 10.1. The Bertz CT molecular complexity index is 552.